The van der Waals surface area contributed by atoms with Gasteiger partial charge >= 0.3 is 0 Å². The van der Waals surface area contributed by atoms with Crippen LogP contribution in [0.2, 0.25) is 0 Å². The van der Waals surface area contributed by atoms with Crippen LogP contribution in [0.5, 0.6) is 0 Å². The van der Waals surface area contributed by atoms with Gasteiger partial charge < -0.3 is 15.3 Å². The number of hydrogen-bond acceptors (Lipinski definition) is 3. The first-order chi connectivity index (χ1) is 6.09. The van der Waals surface area contributed by atoms with Crippen molar-refractivity contribution in [3.63, 3.8) is 0 Å². The van der Waals surface area contributed by atoms with E-state index < -0.39 is 0 Å². The van der Waals surface area contributed by atoms with E-state index in [0.717, 1.165) is 13.1 Å². The zero-order chi connectivity index (χ0) is 9.84. The van der Waals surface area contributed by atoms with Gasteiger partial charge in [-0.25, -0.2) is 0 Å². The zero-order valence-corrected chi connectivity index (χ0v) is 8.95. The number of hydrogen-bond donors (Lipinski definition) is 2. The van der Waals surface area contributed by atoms with Crippen LogP contribution < -0.4 is 5.32 Å². The molecule has 13 heavy (non-hydrogen) atoms. The fourth-order valence-corrected chi connectivity index (χ4v) is 1.98. The molecule has 0 bridgehead atoms. The lowest BCUT2D eigenvalue weighted by molar-refractivity contribution is 0.145. The van der Waals surface area contributed by atoms with Crippen molar-refractivity contribution in [2.45, 2.75) is 32.4 Å². The maximum Gasteiger partial charge on any atom is 0.0636 e. The summed E-state index contributed by atoms with van der Waals surface area (Å²) in [4.78, 5) is 2.37. The number of aliphatic hydroxyl groups excluding tert-OH is 1. The SMILES string of the molecule is CC(O)CNC1CCN(C)CC1C. The van der Waals surface area contributed by atoms with Crippen LogP contribution in [0.15, 0.2) is 0 Å². The predicted octanol–water partition coefficient (Wildman–Crippen LogP) is 0.297. The van der Waals surface area contributed by atoms with Gasteiger partial charge in [0.05, 0.1) is 6.10 Å². The topological polar surface area (TPSA) is 35.5 Å². The van der Waals surface area contributed by atoms with Gasteiger partial charge in [-0.3, -0.25) is 0 Å². The van der Waals surface area contributed by atoms with Gasteiger partial charge in [-0.15, -0.1) is 0 Å². The second-order valence-electron chi connectivity index (χ2n) is 4.39. The van der Waals surface area contributed by atoms with Crippen molar-refractivity contribution in [1.82, 2.24) is 10.2 Å². The monoisotopic (exact) mass is 186 g/mol. The fourth-order valence-electron chi connectivity index (χ4n) is 1.98. The maximum absolute atomic E-state index is 9.15. The molecule has 1 saturated heterocycles. The van der Waals surface area contributed by atoms with Gasteiger partial charge in [-0.2, -0.15) is 0 Å². The van der Waals surface area contributed by atoms with Crippen molar-refractivity contribution in [2.75, 3.05) is 26.7 Å². The molecule has 3 atom stereocenters. The molecule has 0 aromatic rings. The Labute approximate surface area is 81.1 Å². The van der Waals surface area contributed by atoms with E-state index in [9.17, 15) is 0 Å². The Kier molecular flexibility index (Phi) is 4.16. The molecule has 0 spiro atoms. The van der Waals surface area contributed by atoms with Gasteiger partial charge in [0.2, 0.25) is 0 Å². The molecular weight excluding hydrogens is 164 g/mol. The van der Waals surface area contributed by atoms with Crippen LogP contribution in [0, 0.1) is 5.92 Å². The van der Waals surface area contributed by atoms with E-state index in [4.69, 9.17) is 5.11 Å². The van der Waals surface area contributed by atoms with Crippen LogP contribution in [0.25, 0.3) is 0 Å². The molecule has 1 aliphatic heterocycles. The highest BCUT2D eigenvalue weighted by Gasteiger charge is 2.23. The molecule has 1 heterocycles. The average molecular weight is 186 g/mol. The lowest BCUT2D eigenvalue weighted by Crippen LogP contribution is -2.48. The van der Waals surface area contributed by atoms with Crippen molar-refractivity contribution in [3.05, 3.63) is 0 Å². The van der Waals surface area contributed by atoms with Crippen molar-refractivity contribution in [1.29, 1.82) is 0 Å². The first kappa shape index (κ1) is 11.0. The number of likely N-dealkylation sites (tertiary alicyclic amines) is 1. The Hall–Kier alpha value is -0.120. The third kappa shape index (κ3) is 3.63. The van der Waals surface area contributed by atoms with Gasteiger partial charge in [-0.05, 0) is 32.9 Å². The lowest BCUT2D eigenvalue weighted by atomic mass is 9.94. The number of rotatable bonds is 3. The van der Waals surface area contributed by atoms with Crippen LogP contribution in [-0.2, 0) is 0 Å². The summed E-state index contributed by atoms with van der Waals surface area (Å²) in [5.74, 6) is 0.692. The Morgan fingerprint density at radius 3 is 2.85 bits per heavy atom. The molecule has 0 aliphatic carbocycles. The molecule has 1 aliphatic rings. The molecule has 2 N–H and O–H groups in total. The van der Waals surface area contributed by atoms with Gasteiger partial charge in [0.15, 0.2) is 0 Å². The van der Waals surface area contributed by atoms with Crippen molar-refractivity contribution >= 4 is 0 Å². The summed E-state index contributed by atoms with van der Waals surface area (Å²) < 4.78 is 0. The summed E-state index contributed by atoms with van der Waals surface area (Å²) in [6.07, 6.45) is 0.969. The highest BCUT2D eigenvalue weighted by molar-refractivity contribution is 4.81. The lowest BCUT2D eigenvalue weighted by Gasteiger charge is -2.35. The molecule has 0 aromatic heterocycles. The molecule has 0 aromatic carbocycles. The van der Waals surface area contributed by atoms with E-state index in [0.29, 0.717) is 12.0 Å². The minimum atomic E-state index is -0.230. The summed E-state index contributed by atoms with van der Waals surface area (Å²) in [6.45, 7) is 7.15. The van der Waals surface area contributed by atoms with Crippen molar-refractivity contribution in [2.24, 2.45) is 5.92 Å². The predicted molar refractivity (Wildman–Crippen MR) is 54.7 cm³/mol. The van der Waals surface area contributed by atoms with Crippen LogP contribution >= 0.6 is 0 Å². The molecule has 3 heteroatoms. The van der Waals surface area contributed by atoms with Gasteiger partial charge in [0.25, 0.3) is 0 Å². The van der Waals surface area contributed by atoms with E-state index in [1.165, 1.54) is 13.0 Å². The molecule has 3 nitrogen and oxygen atoms in total. The minimum absolute atomic E-state index is 0.230. The minimum Gasteiger partial charge on any atom is -0.392 e. The third-order valence-corrected chi connectivity index (χ3v) is 2.78. The molecular formula is C10H22N2O. The summed E-state index contributed by atoms with van der Waals surface area (Å²) in [7, 11) is 2.17. The second-order valence-corrected chi connectivity index (χ2v) is 4.39. The Bertz CT molecular complexity index is 150. The molecule has 0 saturated carbocycles. The zero-order valence-electron chi connectivity index (χ0n) is 8.95. The summed E-state index contributed by atoms with van der Waals surface area (Å²) in [6, 6.07) is 0.589. The second kappa shape index (κ2) is 4.94. The summed E-state index contributed by atoms with van der Waals surface area (Å²) in [5, 5.41) is 12.6. The highest BCUT2D eigenvalue weighted by atomic mass is 16.3. The Balaban J connectivity index is 2.25. The molecule has 0 amide bonds. The first-order valence-corrected chi connectivity index (χ1v) is 5.19. The van der Waals surface area contributed by atoms with Crippen LogP contribution in [0.4, 0.5) is 0 Å². The van der Waals surface area contributed by atoms with Crippen LogP contribution in [0.1, 0.15) is 20.3 Å². The number of aliphatic hydroxyl groups is 1. The van der Waals surface area contributed by atoms with Crippen LogP contribution in [0.3, 0.4) is 0 Å². The fraction of sp³-hybridized carbons (Fsp3) is 1.00. The third-order valence-electron chi connectivity index (χ3n) is 2.78. The van der Waals surface area contributed by atoms with Crippen molar-refractivity contribution in [3.8, 4) is 0 Å². The van der Waals surface area contributed by atoms with Gasteiger partial charge in [0.1, 0.15) is 0 Å². The smallest absolute Gasteiger partial charge is 0.0636 e. The average Bonchev–Trinajstić information content (AvgIpc) is 2.02. The van der Waals surface area contributed by atoms with E-state index in [1.54, 1.807) is 0 Å². The molecule has 1 fully saturated rings. The van der Waals surface area contributed by atoms with Crippen LogP contribution in [-0.4, -0.2) is 48.8 Å². The maximum atomic E-state index is 9.15. The number of nitrogens with zero attached hydrogens (tertiary/aromatic N) is 1. The van der Waals surface area contributed by atoms with E-state index in [2.05, 4.69) is 24.2 Å². The van der Waals surface area contributed by atoms with Gasteiger partial charge in [0, 0.05) is 19.1 Å². The Morgan fingerprint density at radius 1 is 1.62 bits per heavy atom. The number of piperidine rings is 1. The van der Waals surface area contributed by atoms with Gasteiger partial charge in [-0.1, -0.05) is 6.92 Å². The summed E-state index contributed by atoms with van der Waals surface area (Å²) >= 11 is 0. The Morgan fingerprint density at radius 2 is 2.31 bits per heavy atom. The normalized spacial score (nSPS) is 33.2. The van der Waals surface area contributed by atoms with E-state index >= 15 is 0 Å². The number of nitrogens with one attached hydrogen (secondary N) is 1. The standard InChI is InChI=1S/C10H22N2O/c1-8-7-12(3)5-4-10(8)11-6-9(2)13/h8-11,13H,4-7H2,1-3H3. The van der Waals surface area contributed by atoms with Crippen molar-refractivity contribution < 1.29 is 5.11 Å². The molecule has 78 valence electrons. The quantitative estimate of drug-likeness (QED) is 0.665. The first-order valence-electron chi connectivity index (χ1n) is 5.19. The molecule has 3 unspecified atom stereocenters. The van der Waals surface area contributed by atoms with E-state index in [1.807, 2.05) is 6.92 Å². The molecule has 1 rings (SSSR count). The highest BCUT2D eigenvalue weighted by Crippen LogP contribution is 2.14. The largest absolute Gasteiger partial charge is 0.392 e. The summed E-state index contributed by atoms with van der Waals surface area (Å²) in [5.41, 5.74) is 0. The van der Waals surface area contributed by atoms with E-state index in [-0.39, 0.29) is 6.10 Å². The molecule has 0 radical (unpaired) electrons.